The number of nitrogens with one attached hydrogen (secondary N) is 1. The van der Waals surface area contributed by atoms with Crippen molar-refractivity contribution in [3.63, 3.8) is 0 Å². The molecular formula is C13H18FNO2. The van der Waals surface area contributed by atoms with Gasteiger partial charge >= 0.3 is 0 Å². The summed E-state index contributed by atoms with van der Waals surface area (Å²) in [7, 11) is 0. The third-order valence-corrected chi connectivity index (χ3v) is 2.43. The minimum Gasteiger partial charge on any atom is -0.394 e. The van der Waals surface area contributed by atoms with E-state index in [1.165, 1.54) is 18.2 Å². The summed E-state index contributed by atoms with van der Waals surface area (Å²) in [5.74, 6) is -0.679. The summed E-state index contributed by atoms with van der Waals surface area (Å²) in [5.41, 5.74) is 0.00899. The molecule has 0 aliphatic rings. The molecule has 0 bridgehead atoms. The highest BCUT2D eigenvalue weighted by Gasteiger charge is 2.16. The summed E-state index contributed by atoms with van der Waals surface area (Å²) in [6.45, 7) is 3.86. The average molecular weight is 239 g/mol. The van der Waals surface area contributed by atoms with E-state index in [0.717, 1.165) is 0 Å². The minimum atomic E-state index is -0.550. The van der Waals surface area contributed by atoms with Gasteiger partial charge in [0.2, 0.25) is 0 Å². The van der Waals surface area contributed by atoms with Crippen LogP contribution in [0.4, 0.5) is 4.39 Å². The van der Waals surface area contributed by atoms with Gasteiger partial charge in [-0.1, -0.05) is 26.0 Å². The number of halogens is 1. The molecule has 1 atom stereocenters. The van der Waals surface area contributed by atoms with E-state index in [9.17, 15) is 9.18 Å². The molecule has 1 aromatic carbocycles. The Labute approximate surface area is 101 Å². The SMILES string of the molecule is CC(C)CC(CO)NC(=O)c1ccccc1F. The summed E-state index contributed by atoms with van der Waals surface area (Å²) in [6, 6.07) is 5.47. The van der Waals surface area contributed by atoms with E-state index >= 15 is 0 Å². The predicted octanol–water partition coefficient (Wildman–Crippen LogP) is 1.96. The standard InChI is InChI=1S/C13H18FNO2/c1-9(2)7-10(8-16)15-13(17)11-5-3-4-6-12(11)14/h3-6,9-10,16H,7-8H2,1-2H3,(H,15,17). The molecule has 0 saturated heterocycles. The van der Waals surface area contributed by atoms with Gasteiger partial charge in [0.1, 0.15) is 5.82 Å². The maximum Gasteiger partial charge on any atom is 0.254 e. The molecule has 1 unspecified atom stereocenters. The van der Waals surface area contributed by atoms with Crippen LogP contribution in [0.2, 0.25) is 0 Å². The van der Waals surface area contributed by atoms with Crippen molar-refractivity contribution in [3.05, 3.63) is 35.6 Å². The monoisotopic (exact) mass is 239 g/mol. The van der Waals surface area contributed by atoms with E-state index in [0.29, 0.717) is 12.3 Å². The highest BCUT2D eigenvalue weighted by atomic mass is 19.1. The lowest BCUT2D eigenvalue weighted by molar-refractivity contribution is 0.0904. The van der Waals surface area contributed by atoms with E-state index in [1.54, 1.807) is 6.07 Å². The first-order valence-corrected chi connectivity index (χ1v) is 5.70. The largest absolute Gasteiger partial charge is 0.394 e. The highest BCUT2D eigenvalue weighted by molar-refractivity contribution is 5.94. The van der Waals surface area contributed by atoms with Crippen LogP contribution in [0.5, 0.6) is 0 Å². The van der Waals surface area contributed by atoms with E-state index in [1.807, 2.05) is 13.8 Å². The molecule has 1 amide bonds. The predicted molar refractivity (Wildman–Crippen MR) is 64.2 cm³/mol. The third-order valence-electron chi connectivity index (χ3n) is 2.43. The quantitative estimate of drug-likeness (QED) is 0.825. The molecule has 0 aromatic heterocycles. The minimum absolute atomic E-state index is 0.00899. The Balaban J connectivity index is 2.68. The first-order chi connectivity index (χ1) is 8.04. The van der Waals surface area contributed by atoms with Crippen LogP contribution in [-0.4, -0.2) is 23.7 Å². The van der Waals surface area contributed by atoms with E-state index < -0.39 is 11.7 Å². The van der Waals surface area contributed by atoms with Gasteiger partial charge in [0.05, 0.1) is 18.2 Å². The summed E-state index contributed by atoms with van der Waals surface area (Å²) in [6.07, 6.45) is 0.663. The van der Waals surface area contributed by atoms with Gasteiger partial charge in [0.15, 0.2) is 0 Å². The van der Waals surface area contributed by atoms with Gasteiger partial charge in [-0.25, -0.2) is 4.39 Å². The number of rotatable bonds is 5. The molecule has 0 aliphatic carbocycles. The first kappa shape index (κ1) is 13.6. The van der Waals surface area contributed by atoms with Gasteiger partial charge in [-0.15, -0.1) is 0 Å². The van der Waals surface area contributed by atoms with Gasteiger partial charge < -0.3 is 10.4 Å². The molecule has 0 spiro atoms. The normalized spacial score (nSPS) is 12.5. The fraction of sp³-hybridized carbons (Fsp3) is 0.462. The third kappa shape index (κ3) is 4.15. The number of aliphatic hydroxyl groups excluding tert-OH is 1. The Kier molecular flexibility index (Phi) is 5.10. The van der Waals surface area contributed by atoms with Crippen LogP contribution in [0.1, 0.15) is 30.6 Å². The van der Waals surface area contributed by atoms with Crippen molar-refractivity contribution >= 4 is 5.91 Å². The van der Waals surface area contributed by atoms with Crippen LogP contribution in [-0.2, 0) is 0 Å². The number of amides is 1. The van der Waals surface area contributed by atoms with Gasteiger partial charge in [-0.2, -0.15) is 0 Å². The second-order valence-corrected chi connectivity index (χ2v) is 4.46. The van der Waals surface area contributed by atoms with Crippen LogP contribution < -0.4 is 5.32 Å². The zero-order valence-corrected chi connectivity index (χ0v) is 10.1. The van der Waals surface area contributed by atoms with Gasteiger partial charge in [0.25, 0.3) is 5.91 Å². The number of aliphatic hydroxyl groups is 1. The van der Waals surface area contributed by atoms with Crippen molar-refractivity contribution in [1.82, 2.24) is 5.32 Å². The molecule has 0 radical (unpaired) electrons. The second kappa shape index (κ2) is 6.35. The molecule has 0 fully saturated rings. The first-order valence-electron chi connectivity index (χ1n) is 5.70. The molecular weight excluding hydrogens is 221 g/mol. The van der Waals surface area contributed by atoms with Crippen molar-refractivity contribution in [1.29, 1.82) is 0 Å². The molecule has 0 heterocycles. The molecule has 1 rings (SSSR count). The lowest BCUT2D eigenvalue weighted by atomic mass is 10.0. The van der Waals surface area contributed by atoms with E-state index in [4.69, 9.17) is 5.11 Å². The van der Waals surface area contributed by atoms with Crippen molar-refractivity contribution < 1.29 is 14.3 Å². The average Bonchev–Trinajstić information content (AvgIpc) is 2.27. The molecule has 0 saturated carbocycles. The van der Waals surface area contributed by atoms with Gasteiger partial charge in [0, 0.05) is 0 Å². The molecule has 1 aromatic rings. The lowest BCUT2D eigenvalue weighted by Gasteiger charge is -2.18. The zero-order valence-electron chi connectivity index (χ0n) is 10.1. The van der Waals surface area contributed by atoms with Crippen LogP contribution >= 0.6 is 0 Å². The molecule has 4 heteroatoms. The fourth-order valence-corrected chi connectivity index (χ4v) is 1.66. The Morgan fingerprint density at radius 2 is 2.06 bits per heavy atom. The maximum absolute atomic E-state index is 13.3. The molecule has 17 heavy (non-hydrogen) atoms. The number of hydrogen-bond donors (Lipinski definition) is 2. The summed E-state index contributed by atoms with van der Waals surface area (Å²) < 4.78 is 13.3. The Hall–Kier alpha value is -1.42. The van der Waals surface area contributed by atoms with Crippen LogP contribution in [0.25, 0.3) is 0 Å². The highest BCUT2D eigenvalue weighted by Crippen LogP contribution is 2.09. The lowest BCUT2D eigenvalue weighted by Crippen LogP contribution is -2.38. The number of carbonyl (C=O) groups excluding carboxylic acids is 1. The van der Waals surface area contributed by atoms with Crippen molar-refractivity contribution in [3.8, 4) is 0 Å². The second-order valence-electron chi connectivity index (χ2n) is 4.46. The summed E-state index contributed by atoms with van der Waals surface area (Å²) in [4.78, 5) is 11.8. The van der Waals surface area contributed by atoms with Crippen LogP contribution in [0, 0.1) is 11.7 Å². The summed E-state index contributed by atoms with van der Waals surface area (Å²) in [5, 5.41) is 11.8. The van der Waals surface area contributed by atoms with Gasteiger partial charge in [-0.3, -0.25) is 4.79 Å². The Morgan fingerprint density at radius 3 is 2.59 bits per heavy atom. The Bertz CT molecular complexity index is 379. The fourth-order valence-electron chi connectivity index (χ4n) is 1.66. The number of benzene rings is 1. The van der Waals surface area contributed by atoms with Gasteiger partial charge in [-0.05, 0) is 24.5 Å². The van der Waals surface area contributed by atoms with Crippen molar-refractivity contribution in [2.45, 2.75) is 26.3 Å². The van der Waals surface area contributed by atoms with Crippen LogP contribution in [0.15, 0.2) is 24.3 Å². The van der Waals surface area contributed by atoms with E-state index in [-0.39, 0.29) is 18.2 Å². The van der Waals surface area contributed by atoms with E-state index in [2.05, 4.69) is 5.32 Å². The molecule has 2 N–H and O–H groups in total. The number of hydrogen-bond acceptors (Lipinski definition) is 2. The van der Waals surface area contributed by atoms with Crippen LogP contribution in [0.3, 0.4) is 0 Å². The topological polar surface area (TPSA) is 49.3 Å². The molecule has 3 nitrogen and oxygen atoms in total. The summed E-state index contributed by atoms with van der Waals surface area (Å²) >= 11 is 0. The molecule has 94 valence electrons. The van der Waals surface area contributed by atoms with Crippen molar-refractivity contribution in [2.75, 3.05) is 6.61 Å². The smallest absolute Gasteiger partial charge is 0.254 e. The van der Waals surface area contributed by atoms with Crippen molar-refractivity contribution in [2.24, 2.45) is 5.92 Å². The molecule has 0 aliphatic heterocycles. The zero-order chi connectivity index (χ0) is 12.8. The number of carbonyl (C=O) groups is 1. The maximum atomic E-state index is 13.3. The Morgan fingerprint density at radius 1 is 1.41 bits per heavy atom.